The molecule has 0 amide bonds. The molecule has 1 aromatic carbocycles. The first-order valence-corrected chi connectivity index (χ1v) is 5.51. The average molecular weight is 238 g/mol. The maximum atomic E-state index is 12.9. The molecule has 1 aromatic rings. The maximum Gasteiger partial charge on any atom is 0.262 e. The van der Waals surface area contributed by atoms with E-state index in [1.54, 1.807) is 0 Å². The van der Waals surface area contributed by atoms with Gasteiger partial charge in [0.1, 0.15) is 16.5 Å². The molecular weight excluding hydrogens is 236 g/mol. The van der Waals surface area contributed by atoms with Crippen molar-refractivity contribution in [3.8, 4) is 6.07 Å². The fraction of sp³-hybridized carbons (Fsp3) is 0. The Hall–Kier alpha value is -1.19. The molecule has 0 heterocycles. The summed E-state index contributed by atoms with van der Waals surface area (Å²) in [5, 5.41) is 8.41. The predicted molar refractivity (Wildman–Crippen MR) is 44.1 cm³/mol. The van der Waals surface area contributed by atoms with Gasteiger partial charge in [-0.1, -0.05) is 0 Å². The van der Waals surface area contributed by atoms with E-state index in [4.69, 9.17) is 15.9 Å². The molecule has 0 aliphatic heterocycles. The molecule has 0 saturated heterocycles. The normalized spacial score (nSPS) is 11.0. The van der Waals surface area contributed by atoms with Crippen molar-refractivity contribution in [3.63, 3.8) is 0 Å². The van der Waals surface area contributed by atoms with E-state index in [9.17, 15) is 17.2 Å². The van der Waals surface area contributed by atoms with Gasteiger partial charge in [0.25, 0.3) is 9.05 Å². The molecule has 74 valence electrons. The Labute approximate surface area is 83.0 Å². The predicted octanol–water partition coefficient (Wildman–Crippen LogP) is 1.76. The highest BCUT2D eigenvalue weighted by atomic mass is 35.7. The molecule has 14 heavy (non-hydrogen) atoms. The van der Waals surface area contributed by atoms with E-state index >= 15 is 0 Å². The molecule has 0 spiro atoms. The monoisotopic (exact) mass is 237 g/mol. The first-order valence-electron chi connectivity index (χ1n) is 3.20. The Kier molecular flexibility index (Phi) is 2.73. The van der Waals surface area contributed by atoms with Crippen LogP contribution in [0.25, 0.3) is 0 Å². The Bertz CT molecular complexity index is 521. The van der Waals surface area contributed by atoms with Crippen molar-refractivity contribution in [2.45, 2.75) is 4.90 Å². The molecule has 3 nitrogen and oxygen atoms in total. The molecule has 0 aliphatic carbocycles. The van der Waals surface area contributed by atoms with E-state index in [2.05, 4.69) is 0 Å². The van der Waals surface area contributed by atoms with Crippen molar-refractivity contribution < 1.29 is 17.2 Å². The zero-order chi connectivity index (χ0) is 10.9. The summed E-state index contributed by atoms with van der Waals surface area (Å²) in [6.07, 6.45) is 0. The van der Waals surface area contributed by atoms with Crippen molar-refractivity contribution >= 4 is 19.7 Å². The highest BCUT2D eigenvalue weighted by molar-refractivity contribution is 8.13. The SMILES string of the molecule is N#Cc1c(S(=O)(=O)Cl)ccc(F)c1F. The largest absolute Gasteiger partial charge is 0.262 e. The van der Waals surface area contributed by atoms with E-state index in [1.807, 2.05) is 0 Å². The standard InChI is InChI=1S/C7H2ClF2NO2S/c8-14(12,13)6-2-1-5(9)7(10)4(6)3-11/h1-2H. The Morgan fingerprint density at radius 2 is 1.93 bits per heavy atom. The summed E-state index contributed by atoms with van der Waals surface area (Å²) in [5.41, 5.74) is -0.917. The molecule has 0 aliphatic rings. The zero-order valence-corrected chi connectivity index (χ0v) is 8.03. The second-order valence-corrected chi connectivity index (χ2v) is 4.82. The summed E-state index contributed by atoms with van der Waals surface area (Å²) in [7, 11) is 0.657. The molecule has 7 heteroatoms. The maximum absolute atomic E-state index is 12.9. The van der Waals surface area contributed by atoms with Gasteiger partial charge in [0.05, 0.1) is 0 Å². The highest BCUT2D eigenvalue weighted by Gasteiger charge is 2.21. The van der Waals surface area contributed by atoms with E-state index in [0.29, 0.717) is 6.07 Å². The van der Waals surface area contributed by atoms with Crippen LogP contribution >= 0.6 is 10.7 Å². The minimum Gasteiger partial charge on any atom is -0.207 e. The van der Waals surface area contributed by atoms with E-state index in [-0.39, 0.29) is 0 Å². The lowest BCUT2D eigenvalue weighted by molar-refractivity contribution is 0.502. The molecule has 0 unspecified atom stereocenters. The summed E-state index contributed by atoms with van der Waals surface area (Å²) in [4.78, 5) is -0.736. The van der Waals surface area contributed by atoms with Crippen LogP contribution in [0.1, 0.15) is 5.56 Å². The molecule has 0 atom stereocenters. The van der Waals surface area contributed by atoms with Crippen molar-refractivity contribution in [2.75, 3.05) is 0 Å². The molecule has 0 radical (unpaired) electrons. The van der Waals surface area contributed by atoms with Gasteiger partial charge in [-0.15, -0.1) is 0 Å². The van der Waals surface area contributed by atoms with Crippen LogP contribution in [0.15, 0.2) is 17.0 Å². The van der Waals surface area contributed by atoms with Gasteiger partial charge in [0, 0.05) is 10.7 Å². The number of rotatable bonds is 1. The smallest absolute Gasteiger partial charge is 0.207 e. The number of halogens is 3. The van der Waals surface area contributed by atoms with Gasteiger partial charge in [0.15, 0.2) is 11.6 Å². The van der Waals surface area contributed by atoms with Crippen LogP contribution in [-0.2, 0) is 9.05 Å². The van der Waals surface area contributed by atoms with Crippen LogP contribution in [0.3, 0.4) is 0 Å². The van der Waals surface area contributed by atoms with Crippen molar-refractivity contribution in [1.82, 2.24) is 0 Å². The van der Waals surface area contributed by atoms with Crippen LogP contribution in [0.2, 0.25) is 0 Å². The Balaban J connectivity index is 3.66. The number of nitriles is 1. The number of benzene rings is 1. The van der Waals surface area contributed by atoms with Gasteiger partial charge < -0.3 is 0 Å². The topological polar surface area (TPSA) is 57.9 Å². The minimum atomic E-state index is -4.24. The second kappa shape index (κ2) is 3.52. The molecule has 0 saturated carbocycles. The first kappa shape index (κ1) is 10.9. The number of hydrogen-bond donors (Lipinski definition) is 0. The lowest BCUT2D eigenvalue weighted by atomic mass is 10.2. The molecule has 0 bridgehead atoms. The van der Waals surface area contributed by atoms with Gasteiger partial charge in [0.2, 0.25) is 0 Å². The lowest BCUT2D eigenvalue weighted by Gasteiger charge is -2.00. The van der Waals surface area contributed by atoms with Crippen LogP contribution in [0.4, 0.5) is 8.78 Å². The third-order valence-electron chi connectivity index (χ3n) is 1.43. The summed E-state index contributed by atoms with van der Waals surface area (Å²) < 4.78 is 47.0. The number of nitrogens with zero attached hydrogens (tertiary/aromatic N) is 1. The summed E-state index contributed by atoms with van der Waals surface area (Å²) in [6, 6.07) is 2.56. The Morgan fingerprint density at radius 1 is 1.36 bits per heavy atom. The average Bonchev–Trinajstić information content (AvgIpc) is 2.07. The van der Waals surface area contributed by atoms with Gasteiger partial charge in [-0.25, -0.2) is 17.2 Å². The fourth-order valence-electron chi connectivity index (χ4n) is 0.840. The third-order valence-corrected chi connectivity index (χ3v) is 2.80. The number of hydrogen-bond acceptors (Lipinski definition) is 3. The van der Waals surface area contributed by atoms with E-state index < -0.39 is 31.1 Å². The summed E-state index contributed by atoms with van der Waals surface area (Å²) >= 11 is 0. The highest BCUT2D eigenvalue weighted by Crippen LogP contribution is 2.23. The molecule has 1 rings (SSSR count). The van der Waals surface area contributed by atoms with Crippen molar-refractivity contribution in [2.24, 2.45) is 0 Å². The van der Waals surface area contributed by atoms with Gasteiger partial charge in [-0.05, 0) is 12.1 Å². The summed E-state index contributed by atoms with van der Waals surface area (Å²) in [6.45, 7) is 0. The minimum absolute atomic E-state index is 0.589. The van der Waals surface area contributed by atoms with Gasteiger partial charge >= 0.3 is 0 Å². The fourth-order valence-corrected chi connectivity index (χ4v) is 1.84. The van der Waals surface area contributed by atoms with Crippen LogP contribution in [0, 0.1) is 23.0 Å². The summed E-state index contributed by atoms with van der Waals surface area (Å²) in [5.74, 6) is -2.82. The zero-order valence-electron chi connectivity index (χ0n) is 6.46. The van der Waals surface area contributed by atoms with E-state index in [0.717, 1.165) is 6.07 Å². The molecule has 0 fully saturated rings. The van der Waals surface area contributed by atoms with Gasteiger partial charge in [-0.2, -0.15) is 5.26 Å². The van der Waals surface area contributed by atoms with E-state index in [1.165, 1.54) is 6.07 Å². The molecular formula is C7H2ClF2NO2S. The Morgan fingerprint density at radius 3 is 2.36 bits per heavy atom. The molecule has 0 N–H and O–H groups in total. The van der Waals surface area contributed by atoms with Crippen LogP contribution in [-0.4, -0.2) is 8.42 Å². The third kappa shape index (κ3) is 1.84. The van der Waals surface area contributed by atoms with Crippen LogP contribution < -0.4 is 0 Å². The van der Waals surface area contributed by atoms with Crippen LogP contribution in [0.5, 0.6) is 0 Å². The second-order valence-electron chi connectivity index (χ2n) is 2.28. The lowest BCUT2D eigenvalue weighted by Crippen LogP contribution is -2.00. The van der Waals surface area contributed by atoms with Crippen molar-refractivity contribution in [1.29, 1.82) is 5.26 Å². The van der Waals surface area contributed by atoms with Gasteiger partial charge in [-0.3, -0.25) is 0 Å². The molecule has 0 aromatic heterocycles. The first-order chi connectivity index (χ1) is 6.38. The quantitative estimate of drug-likeness (QED) is 0.700. The van der Waals surface area contributed by atoms with Crippen molar-refractivity contribution in [3.05, 3.63) is 29.3 Å².